The van der Waals surface area contributed by atoms with Crippen LogP contribution in [-0.2, 0) is 6.54 Å². The summed E-state index contributed by atoms with van der Waals surface area (Å²) in [6.07, 6.45) is 0.103. The van der Waals surface area contributed by atoms with E-state index in [1.807, 2.05) is 38.1 Å². The van der Waals surface area contributed by atoms with Crippen molar-refractivity contribution in [2.45, 2.75) is 26.5 Å². The fourth-order valence-corrected chi connectivity index (χ4v) is 2.48. The molecule has 22 heavy (non-hydrogen) atoms. The normalized spacial score (nSPS) is 10.6. The highest BCUT2D eigenvalue weighted by Crippen LogP contribution is 2.30. The van der Waals surface area contributed by atoms with Crippen molar-refractivity contribution in [1.29, 1.82) is 0 Å². The average Bonchev–Trinajstić information content (AvgIpc) is 2.47. The molecule has 2 aromatic carbocycles. The Hall–Kier alpha value is -1.58. The average molecular weight is 340 g/mol. The lowest BCUT2D eigenvalue weighted by Crippen LogP contribution is -2.07. The summed E-state index contributed by atoms with van der Waals surface area (Å²) in [5, 5.41) is 4.50. The van der Waals surface area contributed by atoms with E-state index in [0.29, 0.717) is 16.6 Å². The predicted octanol–water partition coefficient (Wildman–Crippen LogP) is 5.40. The van der Waals surface area contributed by atoms with Gasteiger partial charge >= 0.3 is 0 Å². The van der Waals surface area contributed by atoms with Gasteiger partial charge in [0, 0.05) is 11.6 Å². The molecular weight excluding hydrogens is 321 g/mol. The van der Waals surface area contributed by atoms with Crippen LogP contribution < -0.4 is 14.8 Å². The van der Waals surface area contributed by atoms with Gasteiger partial charge in [0.15, 0.2) is 11.5 Å². The van der Waals surface area contributed by atoms with Gasteiger partial charge in [0.2, 0.25) is 0 Å². The van der Waals surface area contributed by atoms with Crippen molar-refractivity contribution in [3.8, 4) is 11.5 Å². The monoisotopic (exact) mass is 339 g/mol. The number of halogens is 2. The van der Waals surface area contributed by atoms with Gasteiger partial charge in [0.1, 0.15) is 0 Å². The number of methoxy groups -OCH3 is 1. The van der Waals surface area contributed by atoms with E-state index in [-0.39, 0.29) is 6.10 Å². The molecule has 1 N–H and O–H groups in total. The summed E-state index contributed by atoms with van der Waals surface area (Å²) in [6.45, 7) is 4.59. The number of hydrogen-bond acceptors (Lipinski definition) is 3. The standard InChI is InChI=1S/C17H19Cl2NO2/c1-11(2)22-16-7-4-12(8-17(16)21-3)10-20-15-6-5-13(18)9-14(15)19/h4-9,11,20H,10H2,1-3H3. The van der Waals surface area contributed by atoms with E-state index >= 15 is 0 Å². The molecule has 0 heterocycles. The first kappa shape index (κ1) is 16.8. The predicted molar refractivity (Wildman–Crippen MR) is 92.5 cm³/mol. The number of hydrogen-bond donors (Lipinski definition) is 1. The van der Waals surface area contributed by atoms with E-state index in [9.17, 15) is 0 Å². The quantitative estimate of drug-likeness (QED) is 0.764. The van der Waals surface area contributed by atoms with E-state index < -0.39 is 0 Å². The first-order valence-corrected chi connectivity index (χ1v) is 7.77. The highest BCUT2D eigenvalue weighted by Gasteiger charge is 2.08. The minimum atomic E-state index is 0.103. The lowest BCUT2D eigenvalue weighted by Gasteiger charge is -2.15. The van der Waals surface area contributed by atoms with Crippen LogP contribution in [0.5, 0.6) is 11.5 Å². The zero-order valence-electron chi connectivity index (χ0n) is 12.8. The van der Waals surface area contributed by atoms with E-state index in [1.165, 1.54) is 0 Å². The Labute approximate surface area is 141 Å². The second-order valence-electron chi connectivity index (χ2n) is 5.13. The van der Waals surface area contributed by atoms with Gasteiger partial charge in [-0.2, -0.15) is 0 Å². The Morgan fingerprint density at radius 1 is 1.05 bits per heavy atom. The molecule has 2 rings (SSSR count). The topological polar surface area (TPSA) is 30.5 Å². The largest absolute Gasteiger partial charge is 0.493 e. The number of benzene rings is 2. The van der Waals surface area contributed by atoms with Crippen molar-refractivity contribution in [3.05, 3.63) is 52.0 Å². The molecule has 0 saturated heterocycles. The first-order valence-electron chi connectivity index (χ1n) is 7.02. The van der Waals surface area contributed by atoms with Gasteiger partial charge < -0.3 is 14.8 Å². The Kier molecular flexibility index (Phi) is 5.81. The second-order valence-corrected chi connectivity index (χ2v) is 5.97. The molecule has 0 aromatic heterocycles. The van der Waals surface area contributed by atoms with Crippen LogP contribution in [0.4, 0.5) is 5.69 Å². The second kappa shape index (κ2) is 7.61. The number of rotatable bonds is 6. The maximum absolute atomic E-state index is 6.15. The smallest absolute Gasteiger partial charge is 0.161 e. The molecule has 0 saturated carbocycles. The summed E-state index contributed by atoms with van der Waals surface area (Å²) in [4.78, 5) is 0. The van der Waals surface area contributed by atoms with Crippen LogP contribution in [0.15, 0.2) is 36.4 Å². The van der Waals surface area contributed by atoms with Gasteiger partial charge in [0.25, 0.3) is 0 Å². The third kappa shape index (κ3) is 4.46. The van der Waals surface area contributed by atoms with Gasteiger partial charge in [-0.05, 0) is 49.7 Å². The molecule has 0 radical (unpaired) electrons. The van der Waals surface area contributed by atoms with Gasteiger partial charge in [-0.3, -0.25) is 0 Å². The summed E-state index contributed by atoms with van der Waals surface area (Å²) < 4.78 is 11.1. The van der Waals surface area contributed by atoms with Crippen molar-refractivity contribution in [1.82, 2.24) is 0 Å². The van der Waals surface area contributed by atoms with Crippen LogP contribution >= 0.6 is 23.2 Å². The molecule has 0 aliphatic rings. The van der Waals surface area contributed by atoms with Gasteiger partial charge in [-0.15, -0.1) is 0 Å². The zero-order valence-corrected chi connectivity index (χ0v) is 14.3. The summed E-state index contributed by atoms with van der Waals surface area (Å²) in [5.41, 5.74) is 1.91. The molecule has 3 nitrogen and oxygen atoms in total. The summed E-state index contributed by atoms with van der Waals surface area (Å²) in [5.74, 6) is 1.46. The van der Waals surface area contributed by atoms with E-state index in [0.717, 1.165) is 22.7 Å². The Morgan fingerprint density at radius 2 is 1.82 bits per heavy atom. The summed E-state index contributed by atoms with van der Waals surface area (Å²) in [7, 11) is 1.63. The Bertz CT molecular complexity index is 645. The minimum absolute atomic E-state index is 0.103. The number of nitrogens with one attached hydrogen (secondary N) is 1. The SMILES string of the molecule is COc1cc(CNc2ccc(Cl)cc2Cl)ccc1OC(C)C. The molecule has 5 heteroatoms. The minimum Gasteiger partial charge on any atom is -0.493 e. The van der Waals surface area contributed by atoms with Gasteiger partial charge in [-0.25, -0.2) is 0 Å². The van der Waals surface area contributed by atoms with Crippen molar-refractivity contribution < 1.29 is 9.47 Å². The Balaban J connectivity index is 2.09. The molecule has 0 atom stereocenters. The Morgan fingerprint density at radius 3 is 2.45 bits per heavy atom. The van der Waals surface area contributed by atoms with Gasteiger partial charge in [0.05, 0.1) is 23.9 Å². The highest BCUT2D eigenvalue weighted by molar-refractivity contribution is 6.36. The molecule has 0 aliphatic carbocycles. The number of anilines is 1. The third-order valence-corrected chi connectivity index (χ3v) is 3.55. The fraction of sp³-hybridized carbons (Fsp3) is 0.294. The molecular formula is C17H19Cl2NO2. The van der Waals surface area contributed by atoms with Crippen molar-refractivity contribution in [2.24, 2.45) is 0 Å². The van der Waals surface area contributed by atoms with Crippen molar-refractivity contribution >= 4 is 28.9 Å². The molecule has 0 unspecified atom stereocenters. The van der Waals surface area contributed by atoms with E-state index in [2.05, 4.69) is 5.32 Å². The van der Waals surface area contributed by atoms with E-state index in [1.54, 1.807) is 19.2 Å². The fourth-order valence-electron chi connectivity index (χ4n) is 2.00. The van der Waals surface area contributed by atoms with Crippen LogP contribution in [0, 0.1) is 0 Å². The molecule has 0 amide bonds. The first-order chi connectivity index (χ1) is 10.5. The maximum Gasteiger partial charge on any atom is 0.161 e. The zero-order chi connectivity index (χ0) is 16.1. The summed E-state index contributed by atoms with van der Waals surface area (Å²) in [6, 6.07) is 11.2. The molecule has 2 aromatic rings. The van der Waals surface area contributed by atoms with Gasteiger partial charge in [-0.1, -0.05) is 29.3 Å². The lowest BCUT2D eigenvalue weighted by atomic mass is 10.2. The summed E-state index contributed by atoms with van der Waals surface area (Å²) >= 11 is 12.0. The lowest BCUT2D eigenvalue weighted by molar-refractivity contribution is 0.230. The molecule has 0 spiro atoms. The third-order valence-electron chi connectivity index (χ3n) is 3.00. The van der Waals surface area contributed by atoms with Crippen LogP contribution in [0.2, 0.25) is 10.0 Å². The molecule has 0 bridgehead atoms. The number of ether oxygens (including phenoxy) is 2. The molecule has 0 aliphatic heterocycles. The highest BCUT2D eigenvalue weighted by atomic mass is 35.5. The van der Waals surface area contributed by atoms with Crippen LogP contribution in [0.1, 0.15) is 19.4 Å². The van der Waals surface area contributed by atoms with Crippen LogP contribution in [0.3, 0.4) is 0 Å². The van der Waals surface area contributed by atoms with Crippen LogP contribution in [-0.4, -0.2) is 13.2 Å². The molecule has 118 valence electrons. The van der Waals surface area contributed by atoms with E-state index in [4.69, 9.17) is 32.7 Å². The van der Waals surface area contributed by atoms with Crippen molar-refractivity contribution in [3.63, 3.8) is 0 Å². The van der Waals surface area contributed by atoms with Crippen molar-refractivity contribution in [2.75, 3.05) is 12.4 Å². The van der Waals surface area contributed by atoms with Crippen LogP contribution in [0.25, 0.3) is 0 Å². The maximum atomic E-state index is 6.15. The molecule has 0 fully saturated rings.